The minimum absolute atomic E-state index is 0.408. The topological polar surface area (TPSA) is 20.3 Å². The molecule has 2 aliphatic carbocycles. The van der Waals surface area contributed by atoms with Crippen molar-refractivity contribution in [2.75, 3.05) is 20.1 Å². The molecule has 0 radical (unpaired) electrons. The van der Waals surface area contributed by atoms with E-state index in [1.807, 2.05) is 0 Å². The molecule has 4 rings (SSSR count). The third-order valence-electron chi connectivity index (χ3n) is 5.91. The summed E-state index contributed by atoms with van der Waals surface area (Å²) in [6, 6.07) is 2.23. The molecule has 1 aliphatic heterocycles. The summed E-state index contributed by atoms with van der Waals surface area (Å²) in [6.07, 6.45) is 8.37. The van der Waals surface area contributed by atoms with Crippen LogP contribution in [0.5, 0.6) is 0 Å². The fourth-order valence-electron chi connectivity index (χ4n) is 4.71. The predicted octanol–water partition coefficient (Wildman–Crippen LogP) is 4.62. The molecular formula is C19H25NOS. The van der Waals surface area contributed by atoms with Gasteiger partial charge in [-0.2, -0.15) is 0 Å². The number of hydrogen-bond donors (Lipinski definition) is 0. The van der Waals surface area contributed by atoms with Gasteiger partial charge in [-0.25, -0.2) is 0 Å². The van der Waals surface area contributed by atoms with E-state index in [2.05, 4.69) is 23.4 Å². The normalized spacial score (nSPS) is 30.0. The van der Waals surface area contributed by atoms with Crippen LogP contribution in [0, 0.1) is 11.8 Å². The second-order valence-electron chi connectivity index (χ2n) is 7.26. The number of carbonyl (C=O) groups excluding carboxylic acids is 1. The molecule has 1 aromatic rings. The highest BCUT2D eigenvalue weighted by molar-refractivity contribution is 7.12. The number of nitrogens with zero attached hydrogens (tertiary/aromatic N) is 1. The van der Waals surface area contributed by atoms with Crippen molar-refractivity contribution in [1.82, 2.24) is 4.90 Å². The minimum Gasteiger partial charge on any atom is -0.306 e. The van der Waals surface area contributed by atoms with Crippen molar-refractivity contribution in [3.63, 3.8) is 0 Å². The first kappa shape index (κ1) is 14.6. The molecule has 0 aromatic carbocycles. The van der Waals surface area contributed by atoms with Crippen LogP contribution in [0.25, 0.3) is 5.57 Å². The van der Waals surface area contributed by atoms with E-state index in [4.69, 9.17) is 0 Å². The van der Waals surface area contributed by atoms with Crippen molar-refractivity contribution in [2.45, 2.75) is 44.9 Å². The van der Waals surface area contributed by atoms with Gasteiger partial charge >= 0.3 is 0 Å². The summed E-state index contributed by atoms with van der Waals surface area (Å²) in [5, 5.41) is 2.13. The second-order valence-corrected chi connectivity index (χ2v) is 8.18. The monoisotopic (exact) mass is 315 g/mol. The number of fused-ring (bicyclic) bond motifs is 2. The molecular weight excluding hydrogens is 290 g/mol. The van der Waals surface area contributed by atoms with Gasteiger partial charge in [0, 0.05) is 19.5 Å². The molecule has 2 atom stereocenters. The van der Waals surface area contributed by atoms with Crippen molar-refractivity contribution in [1.29, 1.82) is 0 Å². The zero-order chi connectivity index (χ0) is 15.1. The van der Waals surface area contributed by atoms with E-state index >= 15 is 0 Å². The smallest absolute Gasteiger partial charge is 0.173 e. The van der Waals surface area contributed by atoms with Gasteiger partial charge in [-0.05, 0) is 67.1 Å². The van der Waals surface area contributed by atoms with Gasteiger partial charge in [0.2, 0.25) is 0 Å². The van der Waals surface area contributed by atoms with E-state index in [0.29, 0.717) is 17.6 Å². The highest BCUT2D eigenvalue weighted by Crippen LogP contribution is 2.48. The lowest BCUT2D eigenvalue weighted by Crippen LogP contribution is -2.28. The molecule has 0 spiro atoms. The molecule has 22 heavy (non-hydrogen) atoms. The Morgan fingerprint density at radius 3 is 2.77 bits per heavy atom. The second kappa shape index (κ2) is 5.93. The van der Waals surface area contributed by atoms with Crippen molar-refractivity contribution in [3.8, 4) is 0 Å². The van der Waals surface area contributed by atoms with E-state index in [-0.39, 0.29) is 0 Å². The minimum atomic E-state index is 0.408. The van der Waals surface area contributed by atoms with Gasteiger partial charge in [0.1, 0.15) is 0 Å². The molecule has 118 valence electrons. The number of likely N-dealkylation sites (tertiary alicyclic amines) is 1. The average molecular weight is 315 g/mol. The first-order valence-corrected chi connectivity index (χ1v) is 9.63. The molecule has 1 saturated heterocycles. The van der Waals surface area contributed by atoms with Gasteiger partial charge in [-0.1, -0.05) is 18.4 Å². The van der Waals surface area contributed by atoms with Gasteiger partial charge in [0.15, 0.2) is 5.78 Å². The molecule has 1 aromatic heterocycles. The average Bonchev–Trinajstić information content (AvgIpc) is 2.96. The van der Waals surface area contributed by atoms with E-state index in [9.17, 15) is 4.79 Å². The zero-order valence-corrected chi connectivity index (χ0v) is 14.3. The number of thiophene rings is 1. The number of hydrogen-bond acceptors (Lipinski definition) is 3. The first-order chi connectivity index (χ1) is 10.7. The molecule has 3 heteroatoms. The quantitative estimate of drug-likeness (QED) is 0.696. The number of ketones is 1. The van der Waals surface area contributed by atoms with Gasteiger partial charge in [-0.15, -0.1) is 11.3 Å². The van der Waals surface area contributed by atoms with E-state index in [1.54, 1.807) is 22.5 Å². The predicted molar refractivity (Wildman–Crippen MR) is 92.4 cm³/mol. The van der Waals surface area contributed by atoms with Crippen LogP contribution < -0.4 is 0 Å². The summed E-state index contributed by atoms with van der Waals surface area (Å²) in [5.41, 5.74) is 4.56. The molecule has 0 amide bonds. The van der Waals surface area contributed by atoms with Gasteiger partial charge < -0.3 is 4.90 Å². The first-order valence-electron chi connectivity index (χ1n) is 8.75. The largest absolute Gasteiger partial charge is 0.306 e. The van der Waals surface area contributed by atoms with Crippen LogP contribution in [0.1, 0.15) is 60.2 Å². The highest BCUT2D eigenvalue weighted by Gasteiger charge is 2.37. The lowest BCUT2D eigenvalue weighted by Gasteiger charge is -2.35. The maximum absolute atomic E-state index is 12.7. The van der Waals surface area contributed by atoms with Gasteiger partial charge in [0.25, 0.3) is 0 Å². The summed E-state index contributed by atoms with van der Waals surface area (Å²) < 4.78 is 0. The fraction of sp³-hybridized carbons (Fsp3) is 0.632. The van der Waals surface area contributed by atoms with Crippen LogP contribution in [0.15, 0.2) is 17.0 Å². The van der Waals surface area contributed by atoms with Crippen LogP contribution >= 0.6 is 11.3 Å². The third-order valence-corrected chi connectivity index (χ3v) is 6.86. The molecule has 2 heterocycles. The molecule has 2 nitrogen and oxygen atoms in total. The summed E-state index contributed by atoms with van der Waals surface area (Å²) in [4.78, 5) is 16.2. The number of Topliss-reactive ketones (excluding diaryl/α,β-unsaturated/α-hetero) is 1. The number of allylic oxidation sites excluding steroid dienone is 1. The summed E-state index contributed by atoms with van der Waals surface area (Å²) >= 11 is 1.67. The lowest BCUT2D eigenvalue weighted by atomic mass is 9.71. The fourth-order valence-corrected chi connectivity index (χ4v) is 5.57. The Balaban J connectivity index is 1.82. The Hall–Kier alpha value is -0.930. The molecule has 1 saturated carbocycles. The maximum atomic E-state index is 12.7. The molecule has 0 bridgehead atoms. The highest BCUT2D eigenvalue weighted by atomic mass is 32.1. The van der Waals surface area contributed by atoms with E-state index in [1.165, 1.54) is 57.2 Å². The maximum Gasteiger partial charge on any atom is 0.173 e. The van der Waals surface area contributed by atoms with Crippen molar-refractivity contribution < 1.29 is 4.79 Å². The lowest BCUT2D eigenvalue weighted by molar-refractivity contribution is 0.0946. The standard InChI is InChI=1S/C19H25NOS/c1-20-9-6-13(7-10-20)18-15-5-3-2-4-14(15)12-17(21)19-16(18)8-11-22-19/h8,11,14-15H,2-7,9-10,12H2,1H3. The van der Waals surface area contributed by atoms with Gasteiger partial charge in [0.05, 0.1) is 4.88 Å². The number of carbonyl (C=O) groups is 1. The Kier molecular flexibility index (Phi) is 3.95. The Morgan fingerprint density at radius 2 is 1.95 bits per heavy atom. The van der Waals surface area contributed by atoms with Gasteiger partial charge in [-0.3, -0.25) is 4.79 Å². The third kappa shape index (κ3) is 2.48. The summed E-state index contributed by atoms with van der Waals surface area (Å²) in [7, 11) is 2.22. The molecule has 0 N–H and O–H groups in total. The SMILES string of the molecule is CN1CCC(=C2c3ccsc3C(=O)CC3CCCCC23)CC1. The Morgan fingerprint density at radius 1 is 1.18 bits per heavy atom. The van der Waals surface area contributed by atoms with Crippen molar-refractivity contribution >= 4 is 22.7 Å². The Bertz CT molecular complexity index is 605. The Labute approximate surface area is 137 Å². The van der Waals surface area contributed by atoms with Crippen LogP contribution in [-0.2, 0) is 0 Å². The van der Waals surface area contributed by atoms with Crippen LogP contribution in [0.2, 0.25) is 0 Å². The van der Waals surface area contributed by atoms with Crippen molar-refractivity contribution in [3.05, 3.63) is 27.5 Å². The summed E-state index contributed by atoms with van der Waals surface area (Å²) in [5.74, 6) is 1.65. The molecule has 3 aliphatic rings. The van der Waals surface area contributed by atoms with E-state index < -0.39 is 0 Å². The summed E-state index contributed by atoms with van der Waals surface area (Å²) in [6.45, 7) is 2.34. The number of piperidine rings is 1. The number of rotatable bonds is 0. The van der Waals surface area contributed by atoms with Crippen LogP contribution in [0.4, 0.5) is 0 Å². The molecule has 2 unspecified atom stereocenters. The zero-order valence-electron chi connectivity index (χ0n) is 13.4. The van der Waals surface area contributed by atoms with Crippen LogP contribution in [-0.4, -0.2) is 30.8 Å². The van der Waals surface area contributed by atoms with Crippen LogP contribution in [0.3, 0.4) is 0 Å². The molecule has 2 fully saturated rings. The van der Waals surface area contributed by atoms with Crippen molar-refractivity contribution in [2.24, 2.45) is 11.8 Å². The van der Waals surface area contributed by atoms with E-state index in [0.717, 1.165) is 11.3 Å².